The molecule has 3 atom stereocenters. The molecule has 4 nitrogen and oxygen atoms in total. The number of nitrogens with zero attached hydrogens (tertiary/aromatic N) is 1. The van der Waals surface area contributed by atoms with Crippen molar-refractivity contribution in [1.82, 2.24) is 10.2 Å². The third kappa shape index (κ3) is 6.10. The van der Waals surface area contributed by atoms with Crippen LogP contribution in [0.15, 0.2) is 48.5 Å². The summed E-state index contributed by atoms with van der Waals surface area (Å²) in [4.78, 5) is 29.0. The van der Waals surface area contributed by atoms with E-state index in [-0.39, 0.29) is 23.2 Å². The number of nitrogens with one attached hydrogen (secondary N) is 1. The Morgan fingerprint density at radius 2 is 1.82 bits per heavy atom. The fourth-order valence-electron chi connectivity index (χ4n) is 5.01. The quantitative estimate of drug-likeness (QED) is 0.449. The van der Waals surface area contributed by atoms with Gasteiger partial charge in [-0.2, -0.15) is 0 Å². The molecular formula is C27H32Cl2N2O2S. The summed E-state index contributed by atoms with van der Waals surface area (Å²) in [5, 5.41) is 3.99. The molecule has 1 N–H and O–H groups in total. The van der Waals surface area contributed by atoms with Crippen LogP contribution >= 0.6 is 35.0 Å². The summed E-state index contributed by atoms with van der Waals surface area (Å²) in [5.41, 5.74) is 1.66. The van der Waals surface area contributed by atoms with Gasteiger partial charge in [0.2, 0.25) is 5.91 Å². The molecule has 1 saturated heterocycles. The van der Waals surface area contributed by atoms with Crippen molar-refractivity contribution in [3.8, 4) is 0 Å². The summed E-state index contributed by atoms with van der Waals surface area (Å²) in [6, 6.07) is 14.7. The fourth-order valence-corrected chi connectivity index (χ4v) is 7.14. The number of thioether (sulfide) groups is 1. The van der Waals surface area contributed by atoms with Crippen molar-refractivity contribution >= 4 is 46.8 Å². The van der Waals surface area contributed by atoms with Crippen LogP contribution in [0.2, 0.25) is 10.0 Å². The van der Waals surface area contributed by atoms with Gasteiger partial charge in [-0.25, -0.2) is 0 Å². The Hall–Kier alpha value is -1.69. The highest BCUT2D eigenvalue weighted by Gasteiger charge is 2.45. The lowest BCUT2D eigenvalue weighted by molar-refractivity contribution is -0.125. The van der Waals surface area contributed by atoms with Gasteiger partial charge in [-0.3, -0.25) is 9.59 Å². The predicted molar refractivity (Wildman–Crippen MR) is 142 cm³/mol. The van der Waals surface area contributed by atoms with Crippen molar-refractivity contribution in [3.05, 3.63) is 69.7 Å². The van der Waals surface area contributed by atoms with Gasteiger partial charge in [0.1, 0.15) is 6.04 Å². The van der Waals surface area contributed by atoms with Gasteiger partial charge in [-0.05, 0) is 62.3 Å². The van der Waals surface area contributed by atoms with Crippen molar-refractivity contribution in [2.45, 2.75) is 69.3 Å². The summed E-state index contributed by atoms with van der Waals surface area (Å²) < 4.78 is 0. The molecule has 4 rings (SSSR count). The van der Waals surface area contributed by atoms with Crippen LogP contribution in [0.3, 0.4) is 0 Å². The third-order valence-corrected chi connectivity index (χ3v) is 8.89. The first-order valence-corrected chi connectivity index (χ1v) is 14.0. The highest BCUT2D eigenvalue weighted by atomic mass is 35.5. The van der Waals surface area contributed by atoms with Crippen LogP contribution in [0.5, 0.6) is 0 Å². The highest BCUT2D eigenvalue weighted by molar-refractivity contribution is 8.00. The average molecular weight is 520 g/mol. The highest BCUT2D eigenvalue weighted by Crippen LogP contribution is 2.41. The average Bonchev–Trinajstić information content (AvgIpc) is 3.29. The van der Waals surface area contributed by atoms with Crippen LogP contribution in [-0.4, -0.2) is 39.9 Å². The minimum atomic E-state index is -0.504. The molecule has 2 aromatic carbocycles. The Labute approximate surface area is 216 Å². The first-order valence-electron chi connectivity index (χ1n) is 12.2. The molecule has 2 amide bonds. The van der Waals surface area contributed by atoms with Crippen LogP contribution in [0, 0.1) is 5.92 Å². The van der Waals surface area contributed by atoms with E-state index in [2.05, 4.69) is 17.4 Å². The normalized spacial score (nSPS) is 21.9. The number of carbonyl (C=O) groups is 2. The van der Waals surface area contributed by atoms with Crippen LogP contribution in [0.4, 0.5) is 0 Å². The molecule has 2 fully saturated rings. The molecule has 1 heterocycles. The topological polar surface area (TPSA) is 49.4 Å². The number of carbonyl (C=O) groups excluding carboxylic acids is 2. The van der Waals surface area contributed by atoms with Gasteiger partial charge in [0.05, 0.1) is 16.0 Å². The molecule has 3 unspecified atom stereocenters. The largest absolute Gasteiger partial charge is 0.352 e. The molecule has 0 spiro atoms. The fraction of sp³-hybridized carbons (Fsp3) is 0.481. The van der Waals surface area contributed by atoms with Gasteiger partial charge in [-0.15, -0.1) is 11.8 Å². The maximum absolute atomic E-state index is 13.7. The maximum atomic E-state index is 13.7. The number of aryl methyl sites for hydroxylation is 1. The molecule has 1 aliphatic carbocycles. The number of amides is 2. The van der Waals surface area contributed by atoms with Crippen molar-refractivity contribution < 1.29 is 9.59 Å². The van der Waals surface area contributed by atoms with Crippen molar-refractivity contribution in [2.24, 2.45) is 5.92 Å². The lowest BCUT2D eigenvalue weighted by Gasteiger charge is -2.36. The van der Waals surface area contributed by atoms with E-state index in [1.165, 1.54) is 24.8 Å². The van der Waals surface area contributed by atoms with E-state index in [4.69, 9.17) is 23.2 Å². The second kappa shape index (κ2) is 11.8. The van der Waals surface area contributed by atoms with Gasteiger partial charge in [0.15, 0.2) is 0 Å². The monoisotopic (exact) mass is 518 g/mol. The van der Waals surface area contributed by atoms with E-state index in [0.29, 0.717) is 27.3 Å². The molecule has 0 aromatic heterocycles. The second-order valence-corrected chi connectivity index (χ2v) is 11.4. The van der Waals surface area contributed by atoms with Crippen LogP contribution in [0.25, 0.3) is 0 Å². The predicted octanol–water partition coefficient (Wildman–Crippen LogP) is 6.59. The van der Waals surface area contributed by atoms with Gasteiger partial charge in [0, 0.05) is 16.8 Å². The number of halogens is 2. The van der Waals surface area contributed by atoms with Gasteiger partial charge in [0.25, 0.3) is 5.91 Å². The summed E-state index contributed by atoms with van der Waals surface area (Å²) in [6.45, 7) is 2.03. The van der Waals surface area contributed by atoms with E-state index < -0.39 is 6.04 Å². The molecule has 2 aromatic rings. The first-order chi connectivity index (χ1) is 16.4. The lowest BCUT2D eigenvalue weighted by atomic mass is 9.88. The number of hydrogen-bond acceptors (Lipinski definition) is 3. The SMILES string of the molecule is CC(CCc1ccccc1)NC(=O)C1CSC(C2CCCCC2)N1C(=O)c1ccc(Cl)cc1Cl. The molecule has 1 saturated carbocycles. The molecular weight excluding hydrogens is 487 g/mol. The Kier molecular flexibility index (Phi) is 8.84. The van der Waals surface area contributed by atoms with E-state index in [1.54, 1.807) is 30.0 Å². The van der Waals surface area contributed by atoms with E-state index in [9.17, 15) is 9.59 Å². The van der Waals surface area contributed by atoms with E-state index in [1.807, 2.05) is 30.0 Å². The van der Waals surface area contributed by atoms with Crippen molar-refractivity contribution in [2.75, 3.05) is 5.75 Å². The summed E-state index contributed by atoms with van der Waals surface area (Å²) in [6.07, 6.45) is 7.54. The first kappa shape index (κ1) is 25.4. The van der Waals surface area contributed by atoms with Gasteiger partial charge < -0.3 is 10.2 Å². The Morgan fingerprint density at radius 3 is 2.53 bits per heavy atom. The smallest absolute Gasteiger partial charge is 0.256 e. The molecule has 0 radical (unpaired) electrons. The zero-order valence-electron chi connectivity index (χ0n) is 19.5. The van der Waals surface area contributed by atoms with Crippen LogP contribution < -0.4 is 5.32 Å². The number of rotatable bonds is 7. The van der Waals surface area contributed by atoms with Crippen LogP contribution in [0.1, 0.15) is 61.4 Å². The van der Waals surface area contributed by atoms with Crippen molar-refractivity contribution in [3.63, 3.8) is 0 Å². The lowest BCUT2D eigenvalue weighted by Crippen LogP contribution is -2.53. The summed E-state index contributed by atoms with van der Waals surface area (Å²) in [7, 11) is 0. The second-order valence-electron chi connectivity index (χ2n) is 9.41. The molecule has 1 aliphatic heterocycles. The summed E-state index contributed by atoms with van der Waals surface area (Å²) in [5.74, 6) is 0.751. The minimum Gasteiger partial charge on any atom is -0.352 e. The molecule has 2 aliphatic rings. The third-order valence-electron chi connectivity index (χ3n) is 6.88. The van der Waals surface area contributed by atoms with E-state index in [0.717, 1.165) is 25.7 Å². The molecule has 182 valence electrons. The van der Waals surface area contributed by atoms with E-state index >= 15 is 0 Å². The molecule has 7 heteroatoms. The standard InChI is InChI=1S/C27H32Cl2N2O2S/c1-18(12-13-19-8-4-2-5-9-19)30-25(32)24-17-34-27(20-10-6-3-7-11-20)31(24)26(33)22-15-14-21(28)16-23(22)29/h2,4-5,8-9,14-16,18,20,24,27H,3,6-7,10-13,17H2,1H3,(H,30,32). The zero-order chi connectivity index (χ0) is 24.1. The van der Waals surface area contributed by atoms with Crippen molar-refractivity contribution in [1.29, 1.82) is 0 Å². The summed E-state index contributed by atoms with van der Waals surface area (Å²) >= 11 is 14.2. The van der Waals surface area contributed by atoms with Gasteiger partial charge >= 0.3 is 0 Å². The number of benzene rings is 2. The molecule has 34 heavy (non-hydrogen) atoms. The maximum Gasteiger partial charge on any atom is 0.256 e. The van der Waals surface area contributed by atoms with Gasteiger partial charge in [-0.1, -0.05) is 72.8 Å². The zero-order valence-corrected chi connectivity index (χ0v) is 21.8. The Bertz CT molecular complexity index is 997. The Morgan fingerprint density at radius 1 is 1.09 bits per heavy atom. The molecule has 0 bridgehead atoms. The minimum absolute atomic E-state index is 0.00470. The Balaban J connectivity index is 1.49. The van der Waals surface area contributed by atoms with Crippen LogP contribution in [-0.2, 0) is 11.2 Å². The number of hydrogen-bond donors (Lipinski definition) is 1.